The van der Waals surface area contributed by atoms with Gasteiger partial charge in [-0.15, -0.1) is 0 Å². The fraction of sp³-hybridized carbons (Fsp3) is 0.562. The summed E-state index contributed by atoms with van der Waals surface area (Å²) in [4.78, 5) is 31.6. The van der Waals surface area contributed by atoms with Crippen LogP contribution in [0.15, 0.2) is 53.0 Å². The first kappa shape index (κ1) is 26.8. The predicted octanol–water partition coefficient (Wildman–Crippen LogP) is 5.84. The average Bonchev–Trinajstić information content (AvgIpc) is 3.40. The number of fused-ring (bicyclic) bond motifs is 2. The number of halogens is 1. The van der Waals surface area contributed by atoms with Crippen molar-refractivity contribution in [2.45, 2.75) is 68.9 Å². The van der Waals surface area contributed by atoms with Crippen LogP contribution in [0.1, 0.15) is 67.6 Å². The Morgan fingerprint density at radius 3 is 2.62 bits per heavy atom. The standard InChI is InChI=1S/C32H40BrN3O3/c1-39-31(38)35-19-25-16-26(33)12-13-27(25)32(21-35)20-34-18-28(32)30(37)36-15-14-24(22-8-4-2-5-9-22)17-29(36)23-10-6-3-7-11-23/h2,4-5,8-9,12-13,16,23-24,28-29,34H,3,6-7,10-11,14-15,17-21H2,1H3/t24-,28+,29+,32-/m1/s1. The maximum absolute atomic E-state index is 14.7. The summed E-state index contributed by atoms with van der Waals surface area (Å²) in [7, 11) is 1.44. The lowest BCUT2D eigenvalue weighted by Gasteiger charge is -2.49. The summed E-state index contributed by atoms with van der Waals surface area (Å²) in [5.41, 5.74) is 3.23. The first-order valence-electron chi connectivity index (χ1n) is 14.7. The Kier molecular flexibility index (Phi) is 7.73. The van der Waals surface area contributed by atoms with Crippen molar-refractivity contribution in [2.24, 2.45) is 11.8 Å². The minimum atomic E-state index is -0.465. The number of methoxy groups -OCH3 is 1. The van der Waals surface area contributed by atoms with Crippen molar-refractivity contribution in [1.82, 2.24) is 15.1 Å². The van der Waals surface area contributed by atoms with E-state index in [4.69, 9.17) is 4.74 Å². The monoisotopic (exact) mass is 593 g/mol. The molecule has 0 radical (unpaired) electrons. The summed E-state index contributed by atoms with van der Waals surface area (Å²) in [5, 5.41) is 3.58. The summed E-state index contributed by atoms with van der Waals surface area (Å²) in [5.74, 6) is 1.12. The lowest BCUT2D eigenvalue weighted by atomic mass is 9.67. The molecule has 6 rings (SSSR count). The Balaban J connectivity index is 1.33. The van der Waals surface area contributed by atoms with Crippen molar-refractivity contribution in [2.75, 3.05) is 33.3 Å². The summed E-state index contributed by atoms with van der Waals surface area (Å²) < 4.78 is 6.14. The van der Waals surface area contributed by atoms with Crippen LogP contribution in [0.2, 0.25) is 0 Å². The number of ether oxygens (including phenoxy) is 1. The Morgan fingerprint density at radius 1 is 1.05 bits per heavy atom. The van der Waals surface area contributed by atoms with Crippen LogP contribution in [0.3, 0.4) is 0 Å². The number of rotatable bonds is 3. The van der Waals surface area contributed by atoms with E-state index in [1.54, 1.807) is 4.90 Å². The molecule has 39 heavy (non-hydrogen) atoms. The van der Waals surface area contributed by atoms with E-state index >= 15 is 0 Å². The van der Waals surface area contributed by atoms with Crippen LogP contribution in [0.4, 0.5) is 4.79 Å². The van der Waals surface area contributed by atoms with Crippen molar-refractivity contribution < 1.29 is 14.3 Å². The molecule has 0 bridgehead atoms. The fourth-order valence-electron chi connectivity index (χ4n) is 8.12. The summed E-state index contributed by atoms with van der Waals surface area (Å²) in [6, 6.07) is 17.5. The first-order valence-corrected chi connectivity index (χ1v) is 15.5. The van der Waals surface area contributed by atoms with E-state index in [9.17, 15) is 9.59 Å². The molecule has 6 nitrogen and oxygen atoms in total. The van der Waals surface area contributed by atoms with Crippen LogP contribution in [-0.2, 0) is 21.5 Å². The summed E-state index contributed by atoms with van der Waals surface area (Å²) >= 11 is 3.62. The van der Waals surface area contributed by atoms with Crippen molar-refractivity contribution in [1.29, 1.82) is 0 Å². The highest BCUT2D eigenvalue weighted by molar-refractivity contribution is 9.10. The second-order valence-electron chi connectivity index (χ2n) is 12.1. The molecule has 2 saturated heterocycles. The number of carbonyl (C=O) groups is 2. The van der Waals surface area contributed by atoms with Crippen LogP contribution < -0.4 is 5.32 Å². The van der Waals surface area contributed by atoms with E-state index < -0.39 is 5.41 Å². The third-order valence-corrected chi connectivity index (χ3v) is 10.5. The third-order valence-electron chi connectivity index (χ3n) is 10.0. The highest BCUT2D eigenvalue weighted by Gasteiger charge is 2.54. The second-order valence-corrected chi connectivity index (χ2v) is 13.0. The molecule has 1 saturated carbocycles. The van der Waals surface area contributed by atoms with Gasteiger partial charge in [0.25, 0.3) is 0 Å². The van der Waals surface area contributed by atoms with Gasteiger partial charge in [-0.25, -0.2) is 4.79 Å². The van der Waals surface area contributed by atoms with Gasteiger partial charge in [-0.3, -0.25) is 4.79 Å². The number of hydrogen-bond acceptors (Lipinski definition) is 4. The molecule has 4 atom stereocenters. The van der Waals surface area contributed by atoms with E-state index in [0.717, 1.165) is 29.4 Å². The lowest BCUT2D eigenvalue weighted by molar-refractivity contribution is -0.143. The number of piperidine rings is 1. The highest BCUT2D eigenvalue weighted by Crippen LogP contribution is 2.46. The van der Waals surface area contributed by atoms with Crippen LogP contribution in [0, 0.1) is 11.8 Å². The molecule has 7 heteroatoms. The van der Waals surface area contributed by atoms with E-state index in [1.807, 2.05) is 0 Å². The van der Waals surface area contributed by atoms with Gasteiger partial charge in [0.2, 0.25) is 5.91 Å². The van der Waals surface area contributed by atoms with Crippen molar-refractivity contribution in [3.05, 3.63) is 69.7 Å². The topological polar surface area (TPSA) is 61.9 Å². The molecule has 2 aromatic rings. The predicted molar refractivity (Wildman–Crippen MR) is 155 cm³/mol. The Bertz CT molecular complexity index is 1200. The number of nitrogens with zero attached hydrogens (tertiary/aromatic N) is 2. The maximum atomic E-state index is 14.7. The first-order chi connectivity index (χ1) is 19.0. The second kappa shape index (κ2) is 11.2. The molecule has 1 spiro atoms. The normalized spacial score (nSPS) is 29.3. The number of hydrogen-bond donors (Lipinski definition) is 1. The third kappa shape index (κ3) is 5.01. The largest absolute Gasteiger partial charge is 0.453 e. The molecule has 3 heterocycles. The molecule has 0 aromatic heterocycles. The maximum Gasteiger partial charge on any atom is 0.409 e. The van der Waals surface area contributed by atoms with Gasteiger partial charge in [-0.05, 0) is 66.3 Å². The van der Waals surface area contributed by atoms with Crippen LogP contribution >= 0.6 is 15.9 Å². The molecule has 2 aromatic carbocycles. The minimum absolute atomic E-state index is 0.218. The smallest absolute Gasteiger partial charge is 0.409 e. The van der Waals surface area contributed by atoms with Crippen LogP contribution in [0.5, 0.6) is 0 Å². The van der Waals surface area contributed by atoms with Crippen LogP contribution in [0.25, 0.3) is 0 Å². The molecule has 4 aliphatic rings. The van der Waals surface area contributed by atoms with Crippen LogP contribution in [-0.4, -0.2) is 61.1 Å². The number of likely N-dealkylation sites (tertiary alicyclic amines) is 1. The number of benzene rings is 2. The molecule has 1 aliphatic carbocycles. The lowest BCUT2D eigenvalue weighted by Crippen LogP contribution is -2.58. The van der Waals surface area contributed by atoms with Gasteiger partial charge in [0, 0.05) is 48.7 Å². The minimum Gasteiger partial charge on any atom is -0.453 e. The Hall–Kier alpha value is -2.38. The van der Waals surface area contributed by atoms with Gasteiger partial charge in [0.15, 0.2) is 0 Å². The molecule has 3 fully saturated rings. The van der Waals surface area contributed by atoms with Gasteiger partial charge in [-0.2, -0.15) is 0 Å². The van der Waals surface area contributed by atoms with E-state index in [2.05, 4.69) is 74.7 Å². The Morgan fingerprint density at radius 2 is 1.85 bits per heavy atom. The zero-order valence-electron chi connectivity index (χ0n) is 22.9. The molecular formula is C32H40BrN3O3. The van der Waals surface area contributed by atoms with E-state index in [0.29, 0.717) is 38.0 Å². The molecule has 2 amide bonds. The zero-order valence-corrected chi connectivity index (χ0v) is 24.5. The quantitative estimate of drug-likeness (QED) is 0.485. The number of amides is 2. The van der Waals surface area contributed by atoms with E-state index in [1.165, 1.54) is 50.3 Å². The number of carbonyl (C=O) groups excluding carboxylic acids is 2. The van der Waals surface area contributed by atoms with Gasteiger partial charge >= 0.3 is 6.09 Å². The number of nitrogens with one attached hydrogen (secondary N) is 1. The summed E-state index contributed by atoms with van der Waals surface area (Å²) in [6.45, 7) is 3.11. The zero-order chi connectivity index (χ0) is 27.0. The van der Waals surface area contributed by atoms with Crippen molar-refractivity contribution >= 4 is 27.9 Å². The van der Waals surface area contributed by atoms with Gasteiger partial charge in [0.05, 0.1) is 13.0 Å². The fourth-order valence-corrected chi connectivity index (χ4v) is 8.53. The molecule has 208 valence electrons. The molecular weight excluding hydrogens is 554 g/mol. The average molecular weight is 595 g/mol. The van der Waals surface area contributed by atoms with Gasteiger partial charge < -0.3 is 19.9 Å². The highest BCUT2D eigenvalue weighted by atomic mass is 79.9. The molecule has 3 aliphatic heterocycles. The molecule has 0 unspecified atom stereocenters. The van der Waals surface area contributed by atoms with Gasteiger partial charge in [-0.1, -0.05) is 71.6 Å². The van der Waals surface area contributed by atoms with Crippen molar-refractivity contribution in [3.8, 4) is 0 Å². The SMILES string of the molecule is COC(=O)N1Cc2cc(Br)ccc2[C@@]2(CNC[C@H]2C(=O)N2CC[C@@H](c3ccccc3)C[C@H]2C2CCCCC2)C1. The van der Waals surface area contributed by atoms with Crippen molar-refractivity contribution in [3.63, 3.8) is 0 Å². The molecule has 1 N–H and O–H groups in total. The summed E-state index contributed by atoms with van der Waals surface area (Å²) in [6.07, 6.45) is 8.00. The Labute approximate surface area is 240 Å². The van der Waals surface area contributed by atoms with E-state index in [-0.39, 0.29) is 24.0 Å². The van der Waals surface area contributed by atoms with Gasteiger partial charge in [0.1, 0.15) is 0 Å².